The number of rotatable bonds is 7. The number of allylic oxidation sites excluding steroid dienone is 2. The number of aliphatic hydroxyl groups is 5. The lowest BCUT2D eigenvalue weighted by atomic mass is 9.83. The van der Waals surface area contributed by atoms with Gasteiger partial charge < -0.3 is 29.9 Å². The van der Waals surface area contributed by atoms with Crippen LogP contribution in [0.3, 0.4) is 0 Å². The minimum atomic E-state index is -1.42. The van der Waals surface area contributed by atoms with Crippen molar-refractivity contribution in [1.82, 2.24) is 0 Å². The highest BCUT2D eigenvalue weighted by Crippen LogP contribution is 2.48. The Morgan fingerprint density at radius 2 is 1.30 bits per heavy atom. The summed E-state index contributed by atoms with van der Waals surface area (Å²) < 4.78 is 6.60. The van der Waals surface area contributed by atoms with Crippen LogP contribution in [0.2, 0.25) is 0 Å². The van der Waals surface area contributed by atoms with Crippen LogP contribution in [0, 0.1) is 6.92 Å². The third kappa shape index (κ3) is 5.47. The molecule has 0 saturated carbocycles. The van der Waals surface area contributed by atoms with Crippen molar-refractivity contribution in [1.29, 1.82) is 0 Å². The molecular formula is C48H38O6. The van der Waals surface area contributed by atoms with E-state index < -0.39 is 29.1 Å². The Morgan fingerprint density at radius 3 is 1.94 bits per heavy atom. The van der Waals surface area contributed by atoms with Gasteiger partial charge in [0.2, 0.25) is 11.5 Å². The zero-order valence-electron chi connectivity index (χ0n) is 29.8. The van der Waals surface area contributed by atoms with Gasteiger partial charge in [0, 0.05) is 21.9 Å². The molecule has 1 atom stereocenters. The van der Waals surface area contributed by atoms with E-state index in [1.807, 2.05) is 43.4 Å². The van der Waals surface area contributed by atoms with Crippen LogP contribution in [0.15, 0.2) is 155 Å². The molecule has 5 N–H and O–H groups in total. The topological polar surface area (TPSA) is 114 Å². The van der Waals surface area contributed by atoms with Gasteiger partial charge in [-0.2, -0.15) is 0 Å². The molecule has 7 aromatic rings. The highest BCUT2D eigenvalue weighted by atomic mass is 16.4. The van der Waals surface area contributed by atoms with Crippen LogP contribution in [0.5, 0.6) is 0 Å². The van der Waals surface area contributed by atoms with Gasteiger partial charge in [-0.3, -0.25) is 0 Å². The van der Waals surface area contributed by atoms with Gasteiger partial charge in [-0.25, -0.2) is 0 Å². The maximum Gasteiger partial charge on any atom is 0.204 e. The Morgan fingerprint density at radius 1 is 0.667 bits per heavy atom. The summed E-state index contributed by atoms with van der Waals surface area (Å²) in [4.78, 5) is 0. The maximum absolute atomic E-state index is 10.6. The lowest BCUT2D eigenvalue weighted by Crippen LogP contribution is -2.09. The van der Waals surface area contributed by atoms with Crippen LogP contribution in [0.25, 0.3) is 84.0 Å². The van der Waals surface area contributed by atoms with Crippen LogP contribution in [-0.2, 0) is 0 Å². The van der Waals surface area contributed by atoms with Crippen molar-refractivity contribution in [2.75, 3.05) is 0 Å². The Hall–Kier alpha value is -6.76. The maximum atomic E-state index is 10.6. The number of fused-ring (bicyclic) bond motifs is 5. The molecule has 1 heterocycles. The molecule has 6 heteroatoms. The second-order valence-electron chi connectivity index (χ2n) is 13.5. The predicted octanol–water partition coefficient (Wildman–Crippen LogP) is 12.6. The SMILES string of the molecule is C=Cc1c(/C=C\CC2=C(O)C(O)=C(O)C(O)=CC2O)cccc1-c1c2ccccc2c(-c2cccc3oc4c(/C=C\C)c(C)ccc4c23)c2ccccc12. The highest BCUT2D eigenvalue weighted by molar-refractivity contribution is 6.26. The molecule has 0 aliphatic heterocycles. The number of benzene rings is 6. The van der Waals surface area contributed by atoms with E-state index in [2.05, 4.69) is 98.4 Å². The first-order valence-corrected chi connectivity index (χ1v) is 17.8. The van der Waals surface area contributed by atoms with Crippen molar-refractivity contribution < 1.29 is 29.9 Å². The van der Waals surface area contributed by atoms with Crippen molar-refractivity contribution in [2.24, 2.45) is 0 Å². The molecule has 0 radical (unpaired) electrons. The molecule has 8 rings (SSSR count). The normalized spacial score (nSPS) is 15.4. The summed E-state index contributed by atoms with van der Waals surface area (Å²) in [5.41, 5.74) is 9.99. The van der Waals surface area contributed by atoms with E-state index in [9.17, 15) is 25.5 Å². The van der Waals surface area contributed by atoms with Gasteiger partial charge >= 0.3 is 0 Å². The molecule has 0 amide bonds. The fourth-order valence-electron chi connectivity index (χ4n) is 7.86. The summed E-state index contributed by atoms with van der Waals surface area (Å²) in [5, 5.41) is 57.8. The van der Waals surface area contributed by atoms with E-state index in [4.69, 9.17) is 4.42 Å². The van der Waals surface area contributed by atoms with Gasteiger partial charge in [-0.15, -0.1) is 0 Å². The highest BCUT2D eigenvalue weighted by Gasteiger charge is 2.26. The molecule has 1 aliphatic carbocycles. The molecule has 54 heavy (non-hydrogen) atoms. The summed E-state index contributed by atoms with van der Waals surface area (Å²) >= 11 is 0. The molecular weight excluding hydrogens is 673 g/mol. The summed E-state index contributed by atoms with van der Waals surface area (Å²) in [6.45, 7) is 8.33. The van der Waals surface area contributed by atoms with Gasteiger partial charge in [-0.1, -0.05) is 128 Å². The largest absolute Gasteiger partial charge is 0.504 e. The Bertz CT molecular complexity index is 2780. The first kappa shape index (κ1) is 34.3. The fraction of sp³-hybridized carbons (Fsp3) is 0.0833. The van der Waals surface area contributed by atoms with Crippen LogP contribution in [-0.4, -0.2) is 31.6 Å². The minimum absolute atomic E-state index is 0.0249. The van der Waals surface area contributed by atoms with E-state index >= 15 is 0 Å². The smallest absolute Gasteiger partial charge is 0.204 e. The summed E-state index contributed by atoms with van der Waals surface area (Å²) in [6.07, 6.45) is 9.18. The molecule has 1 aliphatic rings. The molecule has 0 saturated heterocycles. The Kier molecular flexibility index (Phi) is 8.68. The summed E-state index contributed by atoms with van der Waals surface area (Å²) in [7, 11) is 0. The third-order valence-electron chi connectivity index (χ3n) is 10.4. The Balaban J connectivity index is 1.33. The van der Waals surface area contributed by atoms with Gasteiger partial charge in [-0.05, 0) is 92.9 Å². The second kappa shape index (κ2) is 13.7. The van der Waals surface area contributed by atoms with E-state index in [1.54, 1.807) is 6.08 Å². The Labute approximate surface area is 312 Å². The first-order valence-electron chi connectivity index (χ1n) is 17.8. The van der Waals surface area contributed by atoms with E-state index in [-0.39, 0.29) is 12.0 Å². The fourth-order valence-corrected chi connectivity index (χ4v) is 7.86. The molecule has 6 nitrogen and oxygen atoms in total. The van der Waals surface area contributed by atoms with Crippen LogP contribution >= 0.6 is 0 Å². The number of aliphatic hydroxyl groups excluding tert-OH is 5. The molecule has 1 aromatic heterocycles. The molecule has 0 spiro atoms. The lowest BCUT2D eigenvalue weighted by molar-refractivity contribution is 0.238. The molecule has 0 bridgehead atoms. The van der Waals surface area contributed by atoms with Gasteiger partial charge in [0.25, 0.3) is 0 Å². The molecule has 1 unspecified atom stereocenters. The van der Waals surface area contributed by atoms with Crippen LogP contribution < -0.4 is 0 Å². The van der Waals surface area contributed by atoms with Crippen LogP contribution in [0.4, 0.5) is 0 Å². The number of hydrogen-bond donors (Lipinski definition) is 5. The van der Waals surface area contributed by atoms with Gasteiger partial charge in [0.1, 0.15) is 17.3 Å². The predicted molar refractivity (Wildman–Crippen MR) is 221 cm³/mol. The van der Waals surface area contributed by atoms with Crippen molar-refractivity contribution in [3.05, 3.63) is 173 Å². The van der Waals surface area contributed by atoms with E-state index in [0.717, 1.165) is 94.1 Å². The first-order chi connectivity index (χ1) is 26.2. The minimum Gasteiger partial charge on any atom is -0.504 e. The van der Waals surface area contributed by atoms with E-state index in [0.29, 0.717) is 0 Å². The zero-order valence-corrected chi connectivity index (χ0v) is 29.8. The number of aryl methyl sites for hydroxylation is 1. The van der Waals surface area contributed by atoms with Crippen LogP contribution in [0.1, 0.15) is 35.6 Å². The van der Waals surface area contributed by atoms with Gasteiger partial charge in [0.15, 0.2) is 11.5 Å². The van der Waals surface area contributed by atoms with Crippen molar-refractivity contribution in [3.8, 4) is 22.3 Å². The summed E-state index contributed by atoms with van der Waals surface area (Å²) in [5.74, 6) is -3.21. The zero-order chi connectivity index (χ0) is 37.7. The average molecular weight is 711 g/mol. The van der Waals surface area contributed by atoms with E-state index in [1.165, 1.54) is 0 Å². The molecule has 266 valence electrons. The number of furan rings is 1. The van der Waals surface area contributed by atoms with Crippen molar-refractivity contribution >= 4 is 61.7 Å². The number of hydrogen-bond acceptors (Lipinski definition) is 6. The van der Waals surface area contributed by atoms with Gasteiger partial charge in [0.05, 0.1) is 0 Å². The van der Waals surface area contributed by atoms with Crippen molar-refractivity contribution in [3.63, 3.8) is 0 Å². The summed E-state index contributed by atoms with van der Waals surface area (Å²) in [6, 6.07) is 33.6. The standard InChI is InChI=1S/C48H38O6/c1-4-13-30-27(3)24-25-38-44-37(22-12-23-41(44)54-48(30)38)43-34-18-8-6-16-32(34)42(33-17-7-9-19-35(33)43)31-20-10-14-28(29(31)5-2)15-11-21-36-39(49)26-40(50)46(52)47(53)45(36)51/h4-20,22-26,39,49-53H,2,21H2,1,3H3/b13-4-,15-11-. The molecule has 0 fully saturated rings. The monoisotopic (exact) mass is 710 g/mol. The molecule has 6 aromatic carbocycles. The average Bonchev–Trinajstić information content (AvgIpc) is 3.55. The lowest BCUT2D eigenvalue weighted by Gasteiger charge is -2.20. The second-order valence-corrected chi connectivity index (χ2v) is 13.5. The third-order valence-corrected chi connectivity index (χ3v) is 10.4. The quantitative estimate of drug-likeness (QED) is 0.105. The van der Waals surface area contributed by atoms with Crippen molar-refractivity contribution in [2.45, 2.75) is 26.4 Å².